The monoisotopic (exact) mass is 308 g/mol. The van der Waals surface area contributed by atoms with Crippen molar-refractivity contribution in [3.8, 4) is 0 Å². The van der Waals surface area contributed by atoms with Crippen molar-refractivity contribution in [2.75, 3.05) is 19.3 Å². The summed E-state index contributed by atoms with van der Waals surface area (Å²) < 4.78 is 0.0257. The Balaban J connectivity index is 1.92. The van der Waals surface area contributed by atoms with Gasteiger partial charge in [0.15, 0.2) is 0 Å². The van der Waals surface area contributed by atoms with E-state index in [1.807, 2.05) is 11.8 Å². The summed E-state index contributed by atoms with van der Waals surface area (Å²) in [7, 11) is 0. The normalized spacial score (nSPS) is 18.9. The number of thiocarbonyl (C=S) groups is 1. The van der Waals surface area contributed by atoms with Crippen LogP contribution < -0.4 is 5.73 Å². The van der Waals surface area contributed by atoms with Gasteiger partial charge in [0.05, 0.1) is 9.74 Å². The number of aryl methyl sites for hydroxylation is 1. The van der Waals surface area contributed by atoms with Crippen molar-refractivity contribution >= 4 is 29.0 Å². The molecule has 0 radical (unpaired) electrons. The van der Waals surface area contributed by atoms with Crippen molar-refractivity contribution in [3.63, 3.8) is 0 Å². The molecule has 20 heavy (non-hydrogen) atoms. The first-order valence-corrected chi connectivity index (χ1v) is 8.88. The molecule has 1 heterocycles. The highest BCUT2D eigenvalue weighted by Crippen LogP contribution is 2.35. The van der Waals surface area contributed by atoms with Gasteiger partial charge in [-0.15, -0.1) is 0 Å². The van der Waals surface area contributed by atoms with E-state index in [1.54, 1.807) is 0 Å². The predicted octanol–water partition coefficient (Wildman–Crippen LogP) is 3.23. The number of piperidine rings is 1. The van der Waals surface area contributed by atoms with Crippen LogP contribution in [0.25, 0.3) is 0 Å². The smallest absolute Gasteiger partial charge is 0.0891 e. The molecule has 0 atom stereocenters. The standard InChI is InChI=1S/C16H24N2S2/c1-3-13-4-6-14(7-5-13)12-18-10-8-16(20-2,9-11-18)15(17)19/h4-7H,3,8-12H2,1-2H3,(H2,17,19). The van der Waals surface area contributed by atoms with Crippen LogP contribution in [0.5, 0.6) is 0 Å². The molecule has 0 aliphatic carbocycles. The minimum absolute atomic E-state index is 0.0257. The van der Waals surface area contributed by atoms with Crippen LogP contribution >= 0.6 is 24.0 Å². The third-order valence-electron chi connectivity index (χ3n) is 4.34. The van der Waals surface area contributed by atoms with Gasteiger partial charge in [0.1, 0.15) is 0 Å². The molecule has 4 heteroatoms. The Kier molecular flexibility index (Phi) is 5.47. The molecule has 1 fully saturated rings. The summed E-state index contributed by atoms with van der Waals surface area (Å²) in [6.45, 7) is 5.38. The molecule has 1 aliphatic rings. The second-order valence-electron chi connectivity index (χ2n) is 5.51. The van der Waals surface area contributed by atoms with Crippen LogP contribution in [0.3, 0.4) is 0 Å². The van der Waals surface area contributed by atoms with E-state index in [0.29, 0.717) is 4.99 Å². The molecule has 1 saturated heterocycles. The minimum Gasteiger partial charge on any atom is -0.392 e. The van der Waals surface area contributed by atoms with Crippen LogP contribution in [0.4, 0.5) is 0 Å². The van der Waals surface area contributed by atoms with Crippen LogP contribution in [-0.4, -0.2) is 34.0 Å². The van der Waals surface area contributed by atoms with Gasteiger partial charge in [-0.25, -0.2) is 0 Å². The van der Waals surface area contributed by atoms with Crippen molar-refractivity contribution in [2.24, 2.45) is 5.73 Å². The number of benzene rings is 1. The van der Waals surface area contributed by atoms with E-state index in [1.165, 1.54) is 11.1 Å². The highest BCUT2D eigenvalue weighted by molar-refractivity contribution is 8.02. The third kappa shape index (κ3) is 3.54. The zero-order chi connectivity index (χ0) is 14.6. The number of hydrogen-bond acceptors (Lipinski definition) is 3. The van der Waals surface area contributed by atoms with Gasteiger partial charge in [-0.1, -0.05) is 43.4 Å². The Labute approximate surface area is 132 Å². The Morgan fingerprint density at radius 3 is 2.25 bits per heavy atom. The van der Waals surface area contributed by atoms with Crippen LogP contribution in [0.15, 0.2) is 24.3 Å². The Hall–Kier alpha value is -0.580. The Morgan fingerprint density at radius 2 is 1.80 bits per heavy atom. The number of nitrogens with two attached hydrogens (primary N) is 1. The van der Waals surface area contributed by atoms with Crippen LogP contribution in [-0.2, 0) is 13.0 Å². The highest BCUT2D eigenvalue weighted by atomic mass is 32.2. The lowest BCUT2D eigenvalue weighted by molar-refractivity contribution is 0.212. The van der Waals surface area contributed by atoms with Crippen LogP contribution in [0, 0.1) is 0 Å². The van der Waals surface area contributed by atoms with Gasteiger partial charge in [-0.05, 0) is 36.6 Å². The average Bonchev–Trinajstić information content (AvgIpc) is 2.49. The number of nitrogens with zero attached hydrogens (tertiary/aromatic N) is 1. The lowest BCUT2D eigenvalue weighted by atomic mass is 9.95. The second kappa shape index (κ2) is 6.92. The summed E-state index contributed by atoms with van der Waals surface area (Å²) in [4.78, 5) is 3.19. The summed E-state index contributed by atoms with van der Waals surface area (Å²) in [6, 6.07) is 8.98. The first-order chi connectivity index (χ1) is 9.59. The molecule has 1 aliphatic heterocycles. The summed E-state index contributed by atoms with van der Waals surface area (Å²) in [5, 5.41) is 0. The topological polar surface area (TPSA) is 29.3 Å². The van der Waals surface area contributed by atoms with Crippen molar-refractivity contribution in [1.29, 1.82) is 0 Å². The molecule has 0 bridgehead atoms. The van der Waals surface area contributed by atoms with Crippen molar-refractivity contribution in [2.45, 2.75) is 37.5 Å². The maximum absolute atomic E-state index is 5.93. The molecule has 2 N–H and O–H groups in total. The predicted molar refractivity (Wildman–Crippen MR) is 93.4 cm³/mol. The molecule has 1 aromatic rings. The quantitative estimate of drug-likeness (QED) is 0.846. The van der Waals surface area contributed by atoms with Gasteiger partial charge >= 0.3 is 0 Å². The van der Waals surface area contributed by atoms with Gasteiger partial charge in [0, 0.05) is 19.6 Å². The summed E-state index contributed by atoms with van der Waals surface area (Å²) in [5.74, 6) is 0. The summed E-state index contributed by atoms with van der Waals surface area (Å²) in [5.41, 5.74) is 8.74. The molecule has 2 nitrogen and oxygen atoms in total. The number of rotatable bonds is 5. The minimum atomic E-state index is 0.0257. The Bertz CT molecular complexity index is 448. The molecular weight excluding hydrogens is 284 g/mol. The Morgan fingerprint density at radius 1 is 1.25 bits per heavy atom. The first kappa shape index (κ1) is 15.8. The largest absolute Gasteiger partial charge is 0.392 e. The molecule has 0 spiro atoms. The fourth-order valence-electron chi connectivity index (χ4n) is 2.76. The lowest BCUT2D eigenvalue weighted by Crippen LogP contribution is -2.48. The summed E-state index contributed by atoms with van der Waals surface area (Å²) >= 11 is 7.08. The van der Waals surface area contributed by atoms with Gasteiger partial charge in [0.2, 0.25) is 0 Å². The van der Waals surface area contributed by atoms with Crippen LogP contribution in [0.1, 0.15) is 30.9 Å². The maximum Gasteiger partial charge on any atom is 0.0891 e. The first-order valence-electron chi connectivity index (χ1n) is 7.25. The average molecular weight is 309 g/mol. The zero-order valence-electron chi connectivity index (χ0n) is 12.4. The second-order valence-corrected chi connectivity index (χ2v) is 7.14. The van der Waals surface area contributed by atoms with E-state index in [9.17, 15) is 0 Å². The van der Waals surface area contributed by atoms with E-state index in [4.69, 9.17) is 18.0 Å². The van der Waals surface area contributed by atoms with Crippen molar-refractivity contribution in [1.82, 2.24) is 4.90 Å². The lowest BCUT2D eigenvalue weighted by Gasteiger charge is -2.40. The zero-order valence-corrected chi connectivity index (χ0v) is 14.0. The van der Waals surface area contributed by atoms with Gasteiger partial charge in [-0.3, -0.25) is 4.90 Å². The van der Waals surface area contributed by atoms with Gasteiger partial charge in [0.25, 0.3) is 0 Å². The summed E-state index contributed by atoms with van der Waals surface area (Å²) in [6.07, 6.45) is 5.36. The number of hydrogen-bond donors (Lipinski definition) is 1. The van der Waals surface area contributed by atoms with Crippen LogP contribution in [0.2, 0.25) is 0 Å². The van der Waals surface area contributed by atoms with Crippen molar-refractivity contribution in [3.05, 3.63) is 35.4 Å². The molecular formula is C16H24N2S2. The SMILES string of the molecule is CCc1ccc(CN2CCC(SC)(C(N)=S)CC2)cc1. The van der Waals surface area contributed by atoms with E-state index >= 15 is 0 Å². The van der Waals surface area contributed by atoms with E-state index in [-0.39, 0.29) is 4.75 Å². The number of likely N-dealkylation sites (tertiary alicyclic amines) is 1. The maximum atomic E-state index is 5.93. The molecule has 1 aromatic carbocycles. The van der Waals surface area contributed by atoms with Crippen molar-refractivity contribution < 1.29 is 0 Å². The van der Waals surface area contributed by atoms with E-state index in [0.717, 1.165) is 38.9 Å². The van der Waals surface area contributed by atoms with E-state index < -0.39 is 0 Å². The van der Waals surface area contributed by atoms with Gasteiger partial charge in [-0.2, -0.15) is 11.8 Å². The van der Waals surface area contributed by atoms with E-state index in [2.05, 4.69) is 42.3 Å². The molecule has 0 saturated carbocycles. The molecule has 0 unspecified atom stereocenters. The highest BCUT2D eigenvalue weighted by Gasteiger charge is 2.36. The molecule has 2 rings (SSSR count). The molecule has 110 valence electrons. The fourth-order valence-corrected chi connectivity index (χ4v) is 4.01. The fraction of sp³-hybridized carbons (Fsp3) is 0.562. The molecule has 0 amide bonds. The van der Waals surface area contributed by atoms with Gasteiger partial charge < -0.3 is 5.73 Å². The number of thioether (sulfide) groups is 1. The third-order valence-corrected chi connectivity index (χ3v) is 6.27. The molecule has 0 aromatic heterocycles.